The zero-order valence-corrected chi connectivity index (χ0v) is 25.8. The average molecular weight is 577 g/mol. The molecule has 228 valence electrons. The molecule has 8 atom stereocenters. The molecule has 0 bridgehead atoms. The number of rotatable bonds is 2. The maximum atomic E-state index is 14.5. The molecule has 0 spiro atoms. The monoisotopic (exact) mass is 576 g/mol. The Morgan fingerprint density at radius 2 is 1.56 bits per heavy atom. The number of nitriles is 1. The van der Waals surface area contributed by atoms with E-state index in [1.54, 1.807) is 6.19 Å². The molecular weight excluding hydrogens is 529 g/mol. The summed E-state index contributed by atoms with van der Waals surface area (Å²) in [4.78, 5) is 41.9. The highest BCUT2D eigenvalue weighted by molar-refractivity contribution is 5.89. The van der Waals surface area contributed by atoms with Crippen LogP contribution in [0.3, 0.4) is 0 Å². The molecular formula is C33H47F3N2O3. The van der Waals surface area contributed by atoms with Crippen LogP contribution in [0.2, 0.25) is 0 Å². The largest absolute Gasteiger partial charge is 0.407 e. The van der Waals surface area contributed by atoms with E-state index < -0.39 is 46.7 Å². The Labute approximate surface area is 243 Å². The molecule has 0 aromatic carbocycles. The number of hydrogen-bond acceptors (Lipinski definition) is 4. The fourth-order valence-corrected chi connectivity index (χ4v) is 11.5. The van der Waals surface area contributed by atoms with E-state index in [9.17, 15) is 32.8 Å². The smallest absolute Gasteiger partial charge is 0.299 e. The Balaban J connectivity index is 1.58. The van der Waals surface area contributed by atoms with Gasteiger partial charge in [0.25, 0.3) is 0 Å². The fourth-order valence-electron chi connectivity index (χ4n) is 11.5. The number of ketones is 2. The number of fused-ring (bicyclic) bond motifs is 7. The maximum absolute atomic E-state index is 14.5. The SMILES string of the molecule is CC1(C)CCC2(C(=O)N(C#N)CC(F)(F)F)CCC3(C)[C@H](C(=O)C[C@@H]4[C@@]5(C)CCC(=O)C(C)(C)[C@@H]5CC[C@]43C)[C@@H]2C1. The number of carbonyl (C=O) groups is 3. The van der Waals surface area contributed by atoms with Gasteiger partial charge in [-0.25, -0.2) is 4.90 Å². The molecule has 5 nitrogen and oxygen atoms in total. The Morgan fingerprint density at radius 1 is 0.927 bits per heavy atom. The zero-order valence-electron chi connectivity index (χ0n) is 25.8. The van der Waals surface area contributed by atoms with E-state index in [0.29, 0.717) is 55.6 Å². The summed E-state index contributed by atoms with van der Waals surface area (Å²) in [6.07, 6.45) is 2.99. The molecule has 5 saturated carbocycles. The maximum Gasteiger partial charge on any atom is 0.407 e. The molecule has 0 aromatic rings. The van der Waals surface area contributed by atoms with Gasteiger partial charge in [-0.3, -0.25) is 14.4 Å². The van der Waals surface area contributed by atoms with Gasteiger partial charge in [-0.15, -0.1) is 0 Å². The summed E-state index contributed by atoms with van der Waals surface area (Å²) in [5.41, 5.74) is -2.52. The van der Waals surface area contributed by atoms with Crippen LogP contribution in [0, 0.1) is 67.6 Å². The third kappa shape index (κ3) is 4.17. The summed E-state index contributed by atoms with van der Waals surface area (Å²) < 4.78 is 40.3. The van der Waals surface area contributed by atoms with Crippen molar-refractivity contribution in [2.24, 2.45) is 56.2 Å². The normalized spacial score (nSPS) is 44.9. The van der Waals surface area contributed by atoms with Crippen LogP contribution in [0.25, 0.3) is 0 Å². The highest BCUT2D eigenvalue weighted by Crippen LogP contribution is 2.76. The number of amides is 1. The van der Waals surface area contributed by atoms with Gasteiger partial charge < -0.3 is 0 Å². The predicted octanol–water partition coefficient (Wildman–Crippen LogP) is 7.49. The summed E-state index contributed by atoms with van der Waals surface area (Å²) >= 11 is 0. The van der Waals surface area contributed by atoms with E-state index in [1.165, 1.54) is 0 Å². The van der Waals surface area contributed by atoms with Crippen LogP contribution in [0.5, 0.6) is 0 Å². The van der Waals surface area contributed by atoms with Crippen molar-refractivity contribution in [3.05, 3.63) is 0 Å². The molecule has 0 heterocycles. The summed E-state index contributed by atoms with van der Waals surface area (Å²) in [6, 6.07) is 0. The molecule has 0 N–H and O–H groups in total. The van der Waals surface area contributed by atoms with Gasteiger partial charge >= 0.3 is 6.18 Å². The molecule has 0 aliphatic heterocycles. The van der Waals surface area contributed by atoms with Crippen LogP contribution in [0.4, 0.5) is 13.2 Å². The number of alkyl halides is 3. The minimum Gasteiger partial charge on any atom is -0.299 e. The van der Waals surface area contributed by atoms with Crippen LogP contribution in [0.15, 0.2) is 0 Å². The lowest BCUT2D eigenvalue weighted by Gasteiger charge is -2.72. The Bertz CT molecular complexity index is 1200. The van der Waals surface area contributed by atoms with Crippen molar-refractivity contribution in [2.45, 2.75) is 119 Å². The molecule has 5 rings (SSSR count). The van der Waals surface area contributed by atoms with Crippen LogP contribution in [-0.4, -0.2) is 35.1 Å². The van der Waals surface area contributed by atoms with Crippen molar-refractivity contribution in [1.29, 1.82) is 5.26 Å². The highest BCUT2D eigenvalue weighted by atomic mass is 19.4. The zero-order chi connectivity index (χ0) is 30.6. The minimum atomic E-state index is -4.68. The highest BCUT2D eigenvalue weighted by Gasteiger charge is 2.73. The Kier molecular flexibility index (Phi) is 6.74. The van der Waals surface area contributed by atoms with Crippen molar-refractivity contribution >= 4 is 17.5 Å². The molecule has 5 fully saturated rings. The van der Waals surface area contributed by atoms with Gasteiger partial charge in [0.2, 0.25) is 5.91 Å². The first-order valence-corrected chi connectivity index (χ1v) is 15.5. The third-order valence-electron chi connectivity index (χ3n) is 13.9. The summed E-state index contributed by atoms with van der Waals surface area (Å²) in [5.74, 6) is -0.843. The first-order valence-electron chi connectivity index (χ1n) is 15.5. The Morgan fingerprint density at radius 3 is 2.17 bits per heavy atom. The lowest BCUT2D eigenvalue weighted by molar-refractivity contribution is -0.235. The molecule has 1 amide bonds. The van der Waals surface area contributed by atoms with Crippen molar-refractivity contribution in [2.75, 3.05) is 6.54 Å². The Hall–Kier alpha value is -1.91. The van der Waals surface area contributed by atoms with E-state index in [0.717, 1.165) is 19.3 Å². The fraction of sp³-hybridized carbons (Fsp3) is 0.879. The van der Waals surface area contributed by atoms with E-state index in [-0.39, 0.29) is 33.9 Å². The van der Waals surface area contributed by atoms with Gasteiger partial charge in [-0.2, -0.15) is 18.4 Å². The van der Waals surface area contributed by atoms with Crippen molar-refractivity contribution < 1.29 is 27.6 Å². The van der Waals surface area contributed by atoms with Gasteiger partial charge in [0.1, 0.15) is 18.1 Å². The second-order valence-corrected chi connectivity index (χ2v) is 16.5. The summed E-state index contributed by atoms with van der Waals surface area (Å²) in [5, 5.41) is 9.67. The van der Waals surface area contributed by atoms with Gasteiger partial charge in [-0.05, 0) is 90.8 Å². The van der Waals surface area contributed by atoms with Crippen LogP contribution in [-0.2, 0) is 14.4 Å². The molecule has 0 saturated heterocycles. The molecule has 5 aliphatic carbocycles. The van der Waals surface area contributed by atoms with Crippen molar-refractivity contribution in [1.82, 2.24) is 4.90 Å². The number of halogens is 3. The van der Waals surface area contributed by atoms with Crippen LogP contribution < -0.4 is 0 Å². The van der Waals surface area contributed by atoms with Crippen LogP contribution in [0.1, 0.15) is 113 Å². The van der Waals surface area contributed by atoms with Gasteiger partial charge in [0.15, 0.2) is 6.19 Å². The lowest BCUT2D eigenvalue weighted by Crippen LogP contribution is -2.70. The van der Waals surface area contributed by atoms with Crippen molar-refractivity contribution in [3.8, 4) is 6.19 Å². The standard InChI is InChI=1S/C33H47F3N2O3/c1-27(2)12-14-32(26(41)38(19-37)18-33(34,35)36)15-13-31(7)25(20(32)17-27)21(39)16-23-29(5)10-9-24(40)28(3,4)22(29)8-11-30(23,31)6/h20,22-23,25H,8-18H2,1-7H3/t20-,22-,23+,25-,29-,30+,31?,32?/m0/s1. The average Bonchev–Trinajstić information content (AvgIpc) is 2.85. The first-order chi connectivity index (χ1) is 18.7. The quantitative estimate of drug-likeness (QED) is 0.252. The van der Waals surface area contributed by atoms with E-state index in [1.807, 2.05) is 0 Å². The number of Topliss-reactive ketones (excluding diaryl/α,β-unsaturated/α-hetero) is 2. The van der Waals surface area contributed by atoms with Gasteiger partial charge in [0.05, 0.1) is 5.41 Å². The predicted molar refractivity (Wildman–Crippen MR) is 148 cm³/mol. The second kappa shape index (κ2) is 9.05. The number of hydrogen-bond donors (Lipinski definition) is 0. The minimum absolute atomic E-state index is 0.107. The first kappa shape index (κ1) is 30.5. The molecule has 0 aromatic heterocycles. The third-order valence-corrected chi connectivity index (χ3v) is 13.9. The van der Waals surface area contributed by atoms with Gasteiger partial charge in [0, 0.05) is 24.2 Å². The topological polar surface area (TPSA) is 78.2 Å². The number of carbonyl (C=O) groups excluding carboxylic acids is 3. The molecule has 8 heteroatoms. The van der Waals surface area contributed by atoms with E-state index >= 15 is 0 Å². The molecule has 0 radical (unpaired) electrons. The van der Waals surface area contributed by atoms with E-state index in [2.05, 4.69) is 48.5 Å². The molecule has 5 aliphatic rings. The van der Waals surface area contributed by atoms with Crippen LogP contribution >= 0.6 is 0 Å². The lowest BCUT2D eigenvalue weighted by atomic mass is 9.31. The molecule has 41 heavy (non-hydrogen) atoms. The van der Waals surface area contributed by atoms with Crippen molar-refractivity contribution in [3.63, 3.8) is 0 Å². The van der Waals surface area contributed by atoms with Gasteiger partial charge in [-0.1, -0.05) is 48.5 Å². The molecule has 2 unspecified atom stereocenters. The summed E-state index contributed by atoms with van der Waals surface area (Å²) in [6.45, 7) is 13.6. The number of nitrogens with zero attached hydrogens (tertiary/aromatic N) is 2. The summed E-state index contributed by atoms with van der Waals surface area (Å²) in [7, 11) is 0. The second-order valence-electron chi connectivity index (χ2n) is 16.5. The van der Waals surface area contributed by atoms with E-state index in [4.69, 9.17) is 0 Å².